The van der Waals surface area contributed by atoms with Crippen molar-refractivity contribution in [2.24, 2.45) is 5.92 Å². The molecule has 1 aromatic carbocycles. The number of para-hydroxylation sites is 1. The molecule has 1 aliphatic heterocycles. The van der Waals surface area contributed by atoms with Crippen molar-refractivity contribution in [1.82, 2.24) is 14.9 Å². The molecule has 0 aliphatic carbocycles. The van der Waals surface area contributed by atoms with Gasteiger partial charge in [-0.2, -0.15) is 0 Å². The first-order valence-electron chi connectivity index (χ1n) is 10.1. The Morgan fingerprint density at radius 3 is 2.89 bits per heavy atom. The van der Waals surface area contributed by atoms with Crippen molar-refractivity contribution in [3.63, 3.8) is 0 Å². The first kappa shape index (κ1) is 20.5. The summed E-state index contributed by atoms with van der Waals surface area (Å²) in [5, 5.41) is 7.14. The van der Waals surface area contributed by atoms with Crippen molar-refractivity contribution < 1.29 is 9.59 Å². The lowest BCUT2D eigenvalue weighted by Crippen LogP contribution is -2.32. The van der Waals surface area contributed by atoms with Crippen molar-refractivity contribution in [2.75, 3.05) is 11.9 Å². The van der Waals surface area contributed by atoms with Gasteiger partial charge in [0.05, 0.1) is 5.52 Å². The highest BCUT2D eigenvalue weighted by molar-refractivity contribution is 7.71. The van der Waals surface area contributed by atoms with Gasteiger partial charge in [-0.3, -0.25) is 9.59 Å². The molecule has 0 saturated carbocycles. The standard InChI is InChI=1S/C21H28N4O2S/c1-3-5-8-14(4-2)13-22-18(26)12-11-17-20(27)25-19(23-17)15-9-6-7-10-16(15)24-21(25)28/h6-7,9-10,14,17,23H,3-5,8,11-13H2,1-2H3,(H,22,26)/t14-,17+/m0/s1. The SMILES string of the molecule is CCCC[C@H](CC)CNC(=O)CC[C@H]1Nc2c3ccccc3nc(=S)n2C1=O. The predicted molar refractivity (Wildman–Crippen MR) is 114 cm³/mol. The number of fused-ring (bicyclic) bond motifs is 3. The number of hydrogen-bond donors (Lipinski definition) is 2. The average Bonchev–Trinajstić information content (AvgIpc) is 3.04. The highest BCUT2D eigenvalue weighted by Gasteiger charge is 2.32. The highest BCUT2D eigenvalue weighted by atomic mass is 32.1. The lowest BCUT2D eigenvalue weighted by molar-refractivity contribution is -0.121. The number of benzene rings is 1. The molecular formula is C21H28N4O2S. The zero-order chi connectivity index (χ0) is 20.1. The van der Waals surface area contributed by atoms with Crippen LogP contribution in [-0.4, -0.2) is 34.0 Å². The number of amides is 1. The number of unbranched alkanes of at least 4 members (excludes halogenated alkanes) is 1. The molecule has 0 fully saturated rings. The normalized spacial score (nSPS) is 16.6. The fraction of sp³-hybridized carbons (Fsp3) is 0.524. The van der Waals surface area contributed by atoms with Crippen molar-refractivity contribution in [3.05, 3.63) is 29.0 Å². The van der Waals surface area contributed by atoms with Crippen LogP contribution in [0.5, 0.6) is 0 Å². The van der Waals surface area contributed by atoms with Crippen LogP contribution in [0.2, 0.25) is 0 Å². The summed E-state index contributed by atoms with van der Waals surface area (Å²) in [6.07, 6.45) is 5.31. The lowest BCUT2D eigenvalue weighted by Gasteiger charge is -2.15. The number of anilines is 1. The summed E-state index contributed by atoms with van der Waals surface area (Å²) in [4.78, 5) is 29.4. The van der Waals surface area contributed by atoms with E-state index < -0.39 is 6.04 Å². The van der Waals surface area contributed by atoms with Crippen LogP contribution in [0.25, 0.3) is 10.9 Å². The van der Waals surface area contributed by atoms with E-state index >= 15 is 0 Å². The number of rotatable bonds is 9. The number of carbonyl (C=O) groups excluding carboxylic acids is 2. The molecule has 3 rings (SSSR count). The third kappa shape index (κ3) is 4.41. The van der Waals surface area contributed by atoms with Gasteiger partial charge in [0.2, 0.25) is 10.7 Å². The molecule has 0 radical (unpaired) electrons. The van der Waals surface area contributed by atoms with Gasteiger partial charge < -0.3 is 10.6 Å². The number of nitrogens with zero attached hydrogens (tertiary/aromatic N) is 2. The van der Waals surface area contributed by atoms with Crippen LogP contribution in [0.3, 0.4) is 0 Å². The van der Waals surface area contributed by atoms with E-state index in [9.17, 15) is 9.59 Å². The second-order valence-corrected chi connectivity index (χ2v) is 7.76. The summed E-state index contributed by atoms with van der Waals surface area (Å²) < 4.78 is 1.71. The molecule has 2 heterocycles. The smallest absolute Gasteiger partial charge is 0.257 e. The van der Waals surface area contributed by atoms with Crippen LogP contribution in [0.4, 0.5) is 5.82 Å². The molecule has 0 saturated heterocycles. The Morgan fingerprint density at radius 1 is 1.36 bits per heavy atom. The Morgan fingerprint density at radius 2 is 2.14 bits per heavy atom. The zero-order valence-electron chi connectivity index (χ0n) is 16.5. The Labute approximate surface area is 170 Å². The van der Waals surface area contributed by atoms with Crippen molar-refractivity contribution in [3.8, 4) is 0 Å². The van der Waals surface area contributed by atoms with Crippen LogP contribution in [0, 0.1) is 10.7 Å². The maximum atomic E-state index is 12.8. The van der Waals surface area contributed by atoms with Gasteiger partial charge in [-0.1, -0.05) is 45.2 Å². The van der Waals surface area contributed by atoms with Crippen LogP contribution < -0.4 is 10.6 Å². The van der Waals surface area contributed by atoms with Gasteiger partial charge in [-0.05, 0) is 43.1 Å². The number of aromatic nitrogens is 2. The fourth-order valence-electron chi connectivity index (χ4n) is 3.63. The second-order valence-electron chi connectivity index (χ2n) is 7.39. The van der Waals surface area contributed by atoms with Crippen molar-refractivity contribution in [1.29, 1.82) is 0 Å². The van der Waals surface area contributed by atoms with Crippen LogP contribution in [-0.2, 0) is 4.79 Å². The molecule has 28 heavy (non-hydrogen) atoms. The first-order valence-corrected chi connectivity index (χ1v) is 10.5. The number of carbonyl (C=O) groups is 2. The van der Waals surface area contributed by atoms with Gasteiger partial charge in [0.1, 0.15) is 11.9 Å². The van der Waals surface area contributed by atoms with Gasteiger partial charge in [-0.25, -0.2) is 9.55 Å². The molecule has 0 spiro atoms. The topological polar surface area (TPSA) is 76.0 Å². The zero-order valence-corrected chi connectivity index (χ0v) is 17.3. The summed E-state index contributed by atoms with van der Waals surface area (Å²) in [7, 11) is 0. The predicted octanol–water partition coefficient (Wildman–Crippen LogP) is 4.31. The Kier molecular flexibility index (Phi) is 6.78. The molecule has 2 aromatic rings. The largest absolute Gasteiger partial charge is 0.359 e. The Hall–Kier alpha value is -2.28. The van der Waals surface area contributed by atoms with Gasteiger partial charge in [0.25, 0.3) is 5.91 Å². The van der Waals surface area contributed by atoms with E-state index in [1.54, 1.807) is 0 Å². The molecule has 1 aromatic heterocycles. The van der Waals surface area contributed by atoms with E-state index in [4.69, 9.17) is 12.2 Å². The summed E-state index contributed by atoms with van der Waals surface area (Å²) in [5.74, 6) is 1.05. The lowest BCUT2D eigenvalue weighted by atomic mass is 9.99. The molecular weight excluding hydrogens is 372 g/mol. The van der Waals surface area contributed by atoms with E-state index in [0.717, 1.165) is 23.7 Å². The molecule has 2 atom stereocenters. The molecule has 150 valence electrons. The summed E-state index contributed by atoms with van der Waals surface area (Å²) in [6.45, 7) is 5.05. The Bertz CT molecular complexity index is 924. The third-order valence-electron chi connectivity index (χ3n) is 5.41. The van der Waals surface area contributed by atoms with Crippen molar-refractivity contribution in [2.45, 2.75) is 58.4 Å². The van der Waals surface area contributed by atoms with Crippen LogP contribution >= 0.6 is 12.2 Å². The van der Waals surface area contributed by atoms with E-state index in [2.05, 4.69) is 29.5 Å². The minimum atomic E-state index is -0.456. The minimum absolute atomic E-state index is 0.00733. The van der Waals surface area contributed by atoms with Gasteiger partial charge in [0.15, 0.2) is 0 Å². The van der Waals surface area contributed by atoms with E-state index in [1.165, 1.54) is 17.4 Å². The van der Waals surface area contributed by atoms with Crippen LogP contribution in [0.15, 0.2) is 24.3 Å². The first-order chi connectivity index (χ1) is 13.5. The molecule has 0 unspecified atom stereocenters. The molecule has 7 heteroatoms. The van der Waals surface area contributed by atoms with E-state index in [0.29, 0.717) is 31.1 Å². The third-order valence-corrected chi connectivity index (χ3v) is 5.68. The molecule has 1 aliphatic rings. The molecule has 0 bridgehead atoms. The molecule has 2 N–H and O–H groups in total. The average molecular weight is 401 g/mol. The Balaban J connectivity index is 1.59. The maximum Gasteiger partial charge on any atom is 0.257 e. The van der Waals surface area contributed by atoms with Crippen molar-refractivity contribution >= 4 is 40.8 Å². The number of nitrogens with one attached hydrogen (secondary N) is 2. The second kappa shape index (κ2) is 9.28. The quantitative estimate of drug-likeness (QED) is 0.613. The molecule has 6 nitrogen and oxygen atoms in total. The summed E-state index contributed by atoms with van der Waals surface area (Å²) in [5.41, 5.74) is 0.759. The minimum Gasteiger partial charge on any atom is -0.359 e. The summed E-state index contributed by atoms with van der Waals surface area (Å²) >= 11 is 5.30. The van der Waals surface area contributed by atoms with E-state index in [1.807, 2.05) is 24.3 Å². The van der Waals surface area contributed by atoms with Gasteiger partial charge >= 0.3 is 0 Å². The number of hydrogen-bond acceptors (Lipinski definition) is 5. The van der Waals surface area contributed by atoms with Gasteiger partial charge in [0, 0.05) is 18.4 Å². The highest BCUT2D eigenvalue weighted by Crippen LogP contribution is 2.29. The van der Waals surface area contributed by atoms with Crippen LogP contribution in [0.1, 0.15) is 57.2 Å². The fourth-order valence-corrected chi connectivity index (χ4v) is 3.91. The van der Waals surface area contributed by atoms with Gasteiger partial charge in [-0.15, -0.1) is 0 Å². The monoisotopic (exact) mass is 400 g/mol. The summed E-state index contributed by atoms with van der Waals surface area (Å²) in [6, 6.07) is 7.14. The maximum absolute atomic E-state index is 12.8. The molecule has 1 amide bonds. The van der Waals surface area contributed by atoms with E-state index in [-0.39, 0.29) is 16.6 Å².